The maximum absolute atomic E-state index is 13.0. The maximum Gasteiger partial charge on any atom is 0.160 e. The second-order valence-corrected chi connectivity index (χ2v) is 3.96. The smallest absolute Gasteiger partial charge is 0.160 e. The summed E-state index contributed by atoms with van der Waals surface area (Å²) in [5.41, 5.74) is 1.45. The number of rotatable bonds is 3. The van der Waals surface area contributed by atoms with Gasteiger partial charge in [0, 0.05) is 6.42 Å². The Morgan fingerprint density at radius 1 is 1.47 bits per heavy atom. The number of hydrogen-bond acceptors (Lipinski definition) is 1. The Kier molecular flexibility index (Phi) is 4.04. The minimum Gasteiger partial charge on any atom is -0.294 e. The predicted molar refractivity (Wildman–Crippen MR) is 59.6 cm³/mol. The molecule has 0 aromatic heterocycles. The van der Waals surface area contributed by atoms with Crippen molar-refractivity contribution in [2.45, 2.75) is 20.3 Å². The fourth-order valence-electron chi connectivity index (χ4n) is 1.25. The van der Waals surface area contributed by atoms with Crippen molar-refractivity contribution >= 4 is 17.4 Å². The highest BCUT2D eigenvalue weighted by Crippen LogP contribution is 2.20. The first-order valence-electron chi connectivity index (χ1n) is 4.61. The average Bonchev–Trinajstić information content (AvgIpc) is 2.11. The van der Waals surface area contributed by atoms with Crippen LogP contribution in [0.25, 0.3) is 0 Å². The zero-order valence-electron chi connectivity index (χ0n) is 8.68. The van der Waals surface area contributed by atoms with Crippen LogP contribution in [-0.4, -0.2) is 5.78 Å². The number of carbonyl (C=O) groups is 1. The van der Waals surface area contributed by atoms with Gasteiger partial charge in [-0.25, -0.2) is 4.39 Å². The third-order valence-electron chi connectivity index (χ3n) is 1.85. The van der Waals surface area contributed by atoms with Crippen molar-refractivity contribution in [1.82, 2.24) is 0 Å². The molecule has 0 atom stereocenters. The summed E-state index contributed by atoms with van der Waals surface area (Å²) in [5.74, 6) is -0.554. The van der Waals surface area contributed by atoms with Crippen molar-refractivity contribution < 1.29 is 9.18 Å². The summed E-state index contributed by atoms with van der Waals surface area (Å²) < 4.78 is 13.0. The second-order valence-electron chi connectivity index (χ2n) is 3.58. The lowest BCUT2D eigenvalue weighted by Crippen LogP contribution is -2.00. The molecule has 0 heterocycles. The van der Waals surface area contributed by atoms with Crippen molar-refractivity contribution in [3.8, 4) is 0 Å². The van der Waals surface area contributed by atoms with Gasteiger partial charge in [0.15, 0.2) is 5.78 Å². The Hall–Kier alpha value is -1.15. The van der Waals surface area contributed by atoms with Crippen molar-refractivity contribution in [2.75, 3.05) is 0 Å². The Morgan fingerprint density at radius 3 is 2.73 bits per heavy atom. The van der Waals surface area contributed by atoms with Gasteiger partial charge in [-0.05, 0) is 31.6 Å². The number of benzene rings is 1. The first kappa shape index (κ1) is 11.9. The molecule has 0 aliphatic carbocycles. The van der Waals surface area contributed by atoms with Crippen LogP contribution in [-0.2, 0) is 11.2 Å². The van der Waals surface area contributed by atoms with Gasteiger partial charge in [-0.3, -0.25) is 4.79 Å². The lowest BCUT2D eigenvalue weighted by Gasteiger charge is -2.02. The normalized spacial score (nSPS) is 9.87. The third kappa shape index (κ3) is 3.48. The zero-order chi connectivity index (χ0) is 11.4. The summed E-state index contributed by atoms with van der Waals surface area (Å²) in [5, 5.41) is 0.0352. The van der Waals surface area contributed by atoms with E-state index in [9.17, 15) is 9.18 Å². The van der Waals surface area contributed by atoms with Gasteiger partial charge in [-0.2, -0.15) is 0 Å². The van der Waals surface area contributed by atoms with Crippen LogP contribution in [0.3, 0.4) is 0 Å². The van der Waals surface area contributed by atoms with Crippen LogP contribution in [0.15, 0.2) is 29.8 Å². The lowest BCUT2D eigenvalue weighted by atomic mass is 10.1. The maximum atomic E-state index is 13.0. The van der Waals surface area contributed by atoms with Crippen molar-refractivity contribution in [1.29, 1.82) is 0 Å². The molecule has 0 amide bonds. The van der Waals surface area contributed by atoms with Gasteiger partial charge in [-0.1, -0.05) is 29.3 Å². The Morgan fingerprint density at radius 2 is 2.13 bits per heavy atom. The molecule has 0 saturated heterocycles. The molecule has 3 heteroatoms. The quantitative estimate of drug-likeness (QED) is 0.721. The van der Waals surface area contributed by atoms with E-state index in [1.807, 2.05) is 13.8 Å². The van der Waals surface area contributed by atoms with E-state index < -0.39 is 5.82 Å². The average molecular weight is 227 g/mol. The summed E-state index contributed by atoms with van der Waals surface area (Å²) in [4.78, 5) is 11.4. The van der Waals surface area contributed by atoms with E-state index in [0.717, 1.165) is 5.57 Å². The number of carbonyl (C=O) groups excluding carboxylic acids is 1. The summed E-state index contributed by atoms with van der Waals surface area (Å²) >= 11 is 5.73. The first-order chi connectivity index (χ1) is 7.00. The minimum absolute atomic E-state index is 0.0352. The first-order valence-corrected chi connectivity index (χ1v) is 4.99. The van der Waals surface area contributed by atoms with E-state index >= 15 is 0 Å². The molecular formula is C12H12ClFO. The fraction of sp³-hybridized carbons (Fsp3) is 0.250. The highest BCUT2D eigenvalue weighted by atomic mass is 35.5. The topological polar surface area (TPSA) is 17.1 Å². The summed E-state index contributed by atoms with van der Waals surface area (Å²) in [7, 11) is 0. The van der Waals surface area contributed by atoms with Crippen molar-refractivity contribution in [2.24, 2.45) is 0 Å². The van der Waals surface area contributed by atoms with Crippen molar-refractivity contribution in [3.63, 3.8) is 0 Å². The van der Waals surface area contributed by atoms with E-state index in [4.69, 9.17) is 11.6 Å². The molecule has 0 aliphatic rings. The van der Waals surface area contributed by atoms with Gasteiger partial charge < -0.3 is 0 Å². The molecule has 0 radical (unpaired) electrons. The molecule has 80 valence electrons. The second kappa shape index (κ2) is 5.08. The van der Waals surface area contributed by atoms with Crippen LogP contribution >= 0.6 is 11.6 Å². The van der Waals surface area contributed by atoms with Crippen LogP contribution < -0.4 is 0 Å². The number of ketones is 1. The summed E-state index contributed by atoms with van der Waals surface area (Å²) in [6.45, 7) is 3.68. The van der Waals surface area contributed by atoms with Crippen LogP contribution in [0.4, 0.5) is 4.39 Å². The SMILES string of the molecule is CC(C)=CC(=O)Cc1cccc(F)c1Cl. The van der Waals surface area contributed by atoms with E-state index in [-0.39, 0.29) is 17.2 Å². The zero-order valence-corrected chi connectivity index (χ0v) is 9.44. The van der Waals surface area contributed by atoms with Crippen LogP contribution in [0.2, 0.25) is 5.02 Å². The Bertz CT molecular complexity index is 406. The van der Waals surface area contributed by atoms with Gasteiger partial charge in [0.25, 0.3) is 0 Å². The molecule has 1 rings (SSSR count). The minimum atomic E-state index is -0.487. The fourth-order valence-corrected chi connectivity index (χ4v) is 1.44. The molecule has 0 fully saturated rings. The van der Waals surface area contributed by atoms with E-state index in [0.29, 0.717) is 5.56 Å². The van der Waals surface area contributed by atoms with Gasteiger partial charge in [0.2, 0.25) is 0 Å². The highest BCUT2D eigenvalue weighted by Gasteiger charge is 2.08. The van der Waals surface area contributed by atoms with Crippen LogP contribution in [0, 0.1) is 5.82 Å². The highest BCUT2D eigenvalue weighted by molar-refractivity contribution is 6.31. The standard InChI is InChI=1S/C12H12ClFO/c1-8(2)6-10(15)7-9-4-3-5-11(14)12(9)13/h3-6H,7H2,1-2H3. The Labute approximate surface area is 93.6 Å². The van der Waals surface area contributed by atoms with Crippen LogP contribution in [0.5, 0.6) is 0 Å². The molecular weight excluding hydrogens is 215 g/mol. The predicted octanol–water partition coefficient (Wildman–Crippen LogP) is 3.56. The van der Waals surface area contributed by atoms with Gasteiger partial charge in [-0.15, -0.1) is 0 Å². The molecule has 0 aliphatic heterocycles. The number of halogens is 2. The largest absolute Gasteiger partial charge is 0.294 e. The van der Waals surface area contributed by atoms with E-state index in [1.165, 1.54) is 12.1 Å². The van der Waals surface area contributed by atoms with E-state index in [1.54, 1.807) is 12.1 Å². The molecule has 1 nitrogen and oxygen atoms in total. The third-order valence-corrected chi connectivity index (χ3v) is 2.27. The van der Waals surface area contributed by atoms with Crippen molar-refractivity contribution in [3.05, 3.63) is 46.3 Å². The Balaban J connectivity index is 2.86. The molecule has 1 aromatic carbocycles. The summed E-state index contributed by atoms with van der Waals surface area (Å²) in [6, 6.07) is 4.48. The van der Waals surface area contributed by atoms with Gasteiger partial charge in [0.1, 0.15) is 5.82 Å². The van der Waals surface area contributed by atoms with Gasteiger partial charge >= 0.3 is 0 Å². The molecule has 0 saturated carbocycles. The molecule has 1 aromatic rings. The summed E-state index contributed by atoms with van der Waals surface area (Å²) in [6.07, 6.45) is 1.67. The number of hydrogen-bond donors (Lipinski definition) is 0. The lowest BCUT2D eigenvalue weighted by molar-refractivity contribution is -0.114. The van der Waals surface area contributed by atoms with Crippen LogP contribution in [0.1, 0.15) is 19.4 Å². The monoisotopic (exact) mass is 226 g/mol. The molecule has 0 N–H and O–H groups in total. The molecule has 0 spiro atoms. The number of allylic oxidation sites excluding steroid dienone is 2. The molecule has 15 heavy (non-hydrogen) atoms. The van der Waals surface area contributed by atoms with Gasteiger partial charge in [0.05, 0.1) is 5.02 Å². The molecule has 0 unspecified atom stereocenters. The van der Waals surface area contributed by atoms with E-state index in [2.05, 4.69) is 0 Å². The molecule has 0 bridgehead atoms.